The summed E-state index contributed by atoms with van der Waals surface area (Å²) in [5.41, 5.74) is -0.0920. The lowest BCUT2D eigenvalue weighted by Crippen LogP contribution is -2.04. The molecule has 0 fully saturated rings. The van der Waals surface area contributed by atoms with Crippen LogP contribution in [0.4, 0.5) is 8.78 Å². The minimum Gasteiger partial charge on any atom is -0.387 e. The molecule has 0 aliphatic rings. The van der Waals surface area contributed by atoms with Crippen LogP contribution in [0.2, 0.25) is 0 Å². The van der Waals surface area contributed by atoms with Crippen LogP contribution in [0.1, 0.15) is 16.5 Å². The first-order valence-corrected chi connectivity index (χ1v) is 7.45. The Morgan fingerprint density at radius 2 is 1.83 bits per heavy atom. The fourth-order valence-electron chi connectivity index (χ4n) is 1.55. The molecule has 2 rings (SSSR count). The van der Waals surface area contributed by atoms with Crippen LogP contribution in [0.15, 0.2) is 32.5 Å². The van der Waals surface area contributed by atoms with Gasteiger partial charge < -0.3 is 5.11 Å². The van der Waals surface area contributed by atoms with E-state index in [2.05, 4.69) is 31.9 Å². The van der Waals surface area contributed by atoms with Gasteiger partial charge in [0.15, 0.2) is 0 Å². The summed E-state index contributed by atoms with van der Waals surface area (Å²) in [6.45, 7) is 0. The van der Waals surface area contributed by atoms with Crippen molar-refractivity contribution >= 4 is 43.2 Å². The molecule has 2 aromatic rings. The first-order valence-electron chi connectivity index (χ1n) is 5.04. The van der Waals surface area contributed by atoms with E-state index in [4.69, 9.17) is 0 Å². The summed E-state index contributed by atoms with van der Waals surface area (Å²) in [7, 11) is 0. The maximum absolute atomic E-state index is 13.4. The first kappa shape index (κ1) is 14.1. The molecule has 6 heteroatoms. The van der Waals surface area contributed by atoms with Crippen LogP contribution in [-0.2, 0) is 6.42 Å². The Balaban J connectivity index is 2.23. The Morgan fingerprint density at radius 3 is 2.33 bits per heavy atom. The Labute approximate surface area is 124 Å². The molecule has 1 N–H and O–H groups in total. The first-order chi connectivity index (χ1) is 8.49. The Morgan fingerprint density at radius 1 is 1.22 bits per heavy atom. The van der Waals surface area contributed by atoms with Crippen molar-refractivity contribution in [2.45, 2.75) is 12.5 Å². The number of aliphatic hydroxyl groups excluding tert-OH is 1. The Bertz CT molecular complexity index is 531. The van der Waals surface area contributed by atoms with Gasteiger partial charge in [-0.2, -0.15) is 0 Å². The number of aliphatic hydroxyl groups is 1. The SMILES string of the molecule is OC(Cc1c(F)cccc1F)c1cc(Br)c(Br)s1. The van der Waals surface area contributed by atoms with Crippen LogP contribution >= 0.6 is 43.2 Å². The Kier molecular flexibility index (Phi) is 4.53. The van der Waals surface area contributed by atoms with Gasteiger partial charge in [-0.15, -0.1) is 11.3 Å². The molecule has 1 aromatic heterocycles. The number of benzene rings is 1. The van der Waals surface area contributed by atoms with Gasteiger partial charge in [0.25, 0.3) is 0 Å². The molecular formula is C12H8Br2F2OS. The van der Waals surface area contributed by atoms with E-state index < -0.39 is 17.7 Å². The van der Waals surface area contributed by atoms with Gasteiger partial charge >= 0.3 is 0 Å². The van der Waals surface area contributed by atoms with Crippen molar-refractivity contribution in [1.29, 1.82) is 0 Å². The molecule has 0 spiro atoms. The van der Waals surface area contributed by atoms with Crippen LogP contribution in [0.25, 0.3) is 0 Å². The topological polar surface area (TPSA) is 20.2 Å². The number of halogens is 4. The van der Waals surface area contributed by atoms with Gasteiger partial charge in [0.05, 0.1) is 9.89 Å². The highest BCUT2D eigenvalue weighted by atomic mass is 79.9. The lowest BCUT2D eigenvalue weighted by Gasteiger charge is -2.10. The average molecular weight is 398 g/mol. The van der Waals surface area contributed by atoms with E-state index in [0.717, 1.165) is 8.26 Å². The quantitative estimate of drug-likeness (QED) is 0.786. The van der Waals surface area contributed by atoms with Crippen molar-refractivity contribution in [1.82, 2.24) is 0 Å². The molecule has 0 saturated heterocycles. The van der Waals surface area contributed by atoms with Crippen molar-refractivity contribution in [2.75, 3.05) is 0 Å². The standard InChI is InChI=1S/C12H8Br2F2OS/c13-7-5-11(18-12(7)14)10(17)4-6-8(15)2-1-3-9(6)16/h1-3,5,10,17H,4H2. The summed E-state index contributed by atoms with van der Waals surface area (Å²) >= 11 is 7.94. The number of thiophene rings is 1. The van der Waals surface area contributed by atoms with Gasteiger partial charge in [0, 0.05) is 21.3 Å². The largest absolute Gasteiger partial charge is 0.387 e. The molecule has 0 aliphatic heterocycles. The highest BCUT2D eigenvalue weighted by Gasteiger charge is 2.18. The summed E-state index contributed by atoms with van der Waals surface area (Å²) in [6, 6.07) is 5.41. The van der Waals surface area contributed by atoms with Crippen molar-refractivity contribution in [3.8, 4) is 0 Å². The van der Waals surface area contributed by atoms with Gasteiger partial charge in [-0.3, -0.25) is 0 Å². The third kappa shape index (κ3) is 2.99. The van der Waals surface area contributed by atoms with Crippen LogP contribution in [0, 0.1) is 11.6 Å². The molecule has 1 nitrogen and oxygen atoms in total. The van der Waals surface area contributed by atoms with Crippen LogP contribution < -0.4 is 0 Å². The average Bonchev–Trinajstić information content (AvgIpc) is 2.64. The fourth-order valence-corrected chi connectivity index (χ4v) is 3.62. The molecule has 0 aliphatic carbocycles. The van der Waals surface area contributed by atoms with E-state index >= 15 is 0 Å². The van der Waals surface area contributed by atoms with Crippen molar-refractivity contribution in [2.24, 2.45) is 0 Å². The zero-order chi connectivity index (χ0) is 13.3. The predicted molar refractivity (Wildman–Crippen MR) is 74.7 cm³/mol. The normalized spacial score (nSPS) is 12.7. The minimum atomic E-state index is -0.927. The van der Waals surface area contributed by atoms with Crippen molar-refractivity contribution < 1.29 is 13.9 Å². The smallest absolute Gasteiger partial charge is 0.129 e. The van der Waals surface area contributed by atoms with E-state index in [1.807, 2.05) is 0 Å². The number of hydrogen-bond donors (Lipinski definition) is 1. The molecule has 0 amide bonds. The molecule has 0 radical (unpaired) electrons. The van der Waals surface area contributed by atoms with Crippen LogP contribution in [0.3, 0.4) is 0 Å². The fraction of sp³-hybridized carbons (Fsp3) is 0.167. The van der Waals surface area contributed by atoms with E-state index in [1.165, 1.54) is 29.5 Å². The minimum absolute atomic E-state index is 0.0854. The van der Waals surface area contributed by atoms with Crippen molar-refractivity contribution in [3.63, 3.8) is 0 Å². The second-order valence-electron chi connectivity index (χ2n) is 3.69. The zero-order valence-electron chi connectivity index (χ0n) is 8.96. The Hall–Kier alpha value is -0.300. The van der Waals surface area contributed by atoms with Gasteiger partial charge in [0.1, 0.15) is 11.6 Å². The summed E-state index contributed by atoms with van der Waals surface area (Å²) in [6.07, 6.45) is -1.01. The van der Waals surface area contributed by atoms with Gasteiger partial charge in [-0.05, 0) is 50.1 Å². The predicted octanol–water partition coefficient (Wildman–Crippen LogP) is 4.83. The molecule has 96 valence electrons. The molecule has 0 bridgehead atoms. The summed E-state index contributed by atoms with van der Waals surface area (Å²) < 4.78 is 28.5. The van der Waals surface area contributed by atoms with Crippen LogP contribution in [0.5, 0.6) is 0 Å². The molecule has 1 aromatic carbocycles. The second kappa shape index (κ2) is 5.77. The third-order valence-corrected chi connectivity index (χ3v) is 5.81. The highest BCUT2D eigenvalue weighted by molar-refractivity contribution is 9.13. The zero-order valence-corrected chi connectivity index (χ0v) is 12.9. The van der Waals surface area contributed by atoms with Gasteiger partial charge in [0.2, 0.25) is 0 Å². The summed E-state index contributed by atoms with van der Waals surface area (Å²) in [5, 5.41) is 10.00. The van der Waals surface area contributed by atoms with Gasteiger partial charge in [-0.25, -0.2) is 8.78 Å². The maximum Gasteiger partial charge on any atom is 0.129 e. The molecule has 0 saturated carbocycles. The molecular weight excluding hydrogens is 390 g/mol. The lowest BCUT2D eigenvalue weighted by molar-refractivity contribution is 0.179. The molecule has 1 atom stereocenters. The summed E-state index contributed by atoms with van der Waals surface area (Å²) in [5.74, 6) is -1.27. The van der Waals surface area contributed by atoms with Crippen LogP contribution in [-0.4, -0.2) is 5.11 Å². The molecule has 1 heterocycles. The molecule has 1 unspecified atom stereocenters. The summed E-state index contributed by atoms with van der Waals surface area (Å²) in [4.78, 5) is 0.649. The van der Waals surface area contributed by atoms with E-state index in [9.17, 15) is 13.9 Å². The monoisotopic (exact) mass is 396 g/mol. The highest BCUT2D eigenvalue weighted by Crippen LogP contribution is 2.36. The second-order valence-corrected chi connectivity index (χ2v) is 6.95. The van der Waals surface area contributed by atoms with E-state index in [1.54, 1.807) is 6.07 Å². The number of hydrogen-bond acceptors (Lipinski definition) is 2. The van der Waals surface area contributed by atoms with Gasteiger partial charge in [-0.1, -0.05) is 6.07 Å². The molecule has 18 heavy (non-hydrogen) atoms. The van der Waals surface area contributed by atoms with E-state index in [0.29, 0.717) is 4.88 Å². The maximum atomic E-state index is 13.4. The third-order valence-electron chi connectivity index (χ3n) is 2.45. The van der Waals surface area contributed by atoms with Crippen molar-refractivity contribution in [3.05, 3.63) is 54.6 Å². The van der Waals surface area contributed by atoms with E-state index in [-0.39, 0.29) is 12.0 Å². The number of rotatable bonds is 3. The lowest BCUT2D eigenvalue weighted by atomic mass is 10.1.